The van der Waals surface area contributed by atoms with Crippen LogP contribution in [0.15, 0.2) is 23.1 Å². The van der Waals surface area contributed by atoms with Crippen LogP contribution in [0.3, 0.4) is 0 Å². The lowest BCUT2D eigenvalue weighted by molar-refractivity contribution is -0.116. The summed E-state index contributed by atoms with van der Waals surface area (Å²) in [4.78, 5) is 14.8. The Labute approximate surface area is 120 Å². The number of benzene rings is 1. The van der Waals surface area contributed by atoms with E-state index in [1.807, 2.05) is 0 Å². The molecule has 98 valence electrons. The van der Waals surface area contributed by atoms with Gasteiger partial charge in [0, 0.05) is 16.9 Å². The third-order valence-electron chi connectivity index (χ3n) is 3.31. The summed E-state index contributed by atoms with van der Waals surface area (Å²) in [5.74, 6) is 0.658. The molecule has 0 unspecified atom stereocenters. The van der Waals surface area contributed by atoms with Gasteiger partial charge in [-0.2, -0.15) is 0 Å². The molecule has 0 fully saturated rings. The summed E-state index contributed by atoms with van der Waals surface area (Å²) in [6.45, 7) is 4.82. The molecule has 0 saturated heterocycles. The van der Waals surface area contributed by atoms with Gasteiger partial charge in [-0.1, -0.05) is 35.8 Å². The van der Waals surface area contributed by atoms with Crippen LogP contribution < -0.4 is 10.6 Å². The zero-order chi connectivity index (χ0) is 13.3. The third kappa shape index (κ3) is 2.44. The van der Waals surface area contributed by atoms with Crippen LogP contribution in [0.1, 0.15) is 19.4 Å². The monoisotopic (exact) mass is 328 g/mol. The Balaban J connectivity index is 2.47. The van der Waals surface area contributed by atoms with Crippen molar-refractivity contribution in [1.82, 2.24) is 0 Å². The number of hydrogen-bond acceptors (Lipinski definition) is 3. The minimum absolute atomic E-state index is 0.0713. The maximum absolute atomic E-state index is 11.9. The smallest absolute Gasteiger partial charge is 0.238 e. The lowest BCUT2D eigenvalue weighted by Crippen LogP contribution is -2.35. The Bertz CT molecular complexity index is 476. The van der Waals surface area contributed by atoms with E-state index in [4.69, 9.17) is 5.73 Å². The lowest BCUT2D eigenvalue weighted by atomic mass is 9.84. The molecule has 18 heavy (non-hydrogen) atoms. The first-order chi connectivity index (χ1) is 8.49. The van der Waals surface area contributed by atoms with Crippen LogP contribution in [0.2, 0.25) is 0 Å². The van der Waals surface area contributed by atoms with E-state index < -0.39 is 0 Å². The van der Waals surface area contributed by atoms with Crippen molar-refractivity contribution >= 4 is 39.3 Å². The van der Waals surface area contributed by atoms with Gasteiger partial charge in [-0.3, -0.25) is 4.79 Å². The van der Waals surface area contributed by atoms with Gasteiger partial charge in [0.05, 0.1) is 16.9 Å². The Hall–Kier alpha value is -0.520. The molecule has 1 aromatic rings. The first-order valence-electron chi connectivity index (χ1n) is 5.83. The Kier molecular flexibility index (Phi) is 4.04. The highest BCUT2D eigenvalue weighted by Crippen LogP contribution is 2.38. The van der Waals surface area contributed by atoms with Gasteiger partial charge >= 0.3 is 0 Å². The quantitative estimate of drug-likeness (QED) is 0.685. The largest absolute Gasteiger partial charge is 0.330 e. The molecule has 2 rings (SSSR count). The van der Waals surface area contributed by atoms with E-state index in [-0.39, 0.29) is 11.3 Å². The second-order valence-electron chi connectivity index (χ2n) is 5.00. The first-order valence-corrected chi connectivity index (χ1v) is 7.94. The van der Waals surface area contributed by atoms with Gasteiger partial charge in [0.15, 0.2) is 0 Å². The highest BCUT2D eigenvalue weighted by atomic mass is 79.9. The van der Waals surface area contributed by atoms with Gasteiger partial charge in [-0.15, -0.1) is 11.8 Å². The van der Waals surface area contributed by atoms with Crippen molar-refractivity contribution in [3.63, 3.8) is 0 Å². The minimum Gasteiger partial charge on any atom is -0.330 e. The van der Waals surface area contributed by atoms with Crippen molar-refractivity contribution < 1.29 is 4.79 Å². The third-order valence-corrected chi connectivity index (χ3v) is 4.86. The number of nitrogens with zero attached hydrogens (tertiary/aromatic N) is 1. The van der Waals surface area contributed by atoms with Crippen LogP contribution in [-0.4, -0.2) is 23.7 Å². The number of hydrogen-bond donors (Lipinski definition) is 1. The number of halogens is 1. The SMILES string of the molecule is CC(C)(CN)c1ccc2c(c1)N(CBr)C(=O)CS2. The maximum atomic E-state index is 11.9. The van der Waals surface area contributed by atoms with E-state index >= 15 is 0 Å². The zero-order valence-corrected chi connectivity index (χ0v) is 13.0. The van der Waals surface area contributed by atoms with E-state index in [1.54, 1.807) is 16.7 Å². The van der Waals surface area contributed by atoms with Crippen molar-refractivity contribution in [2.45, 2.75) is 24.2 Å². The summed E-state index contributed by atoms with van der Waals surface area (Å²) in [6, 6.07) is 6.29. The van der Waals surface area contributed by atoms with E-state index in [0.717, 1.165) is 10.6 Å². The molecule has 1 aromatic carbocycles. The molecule has 0 atom stereocenters. The molecule has 0 spiro atoms. The standard InChI is InChI=1S/C13H17BrN2OS/c1-13(2,7-15)9-3-4-11-10(5-9)16(8-14)12(17)6-18-11/h3-5H,6-8,15H2,1-2H3. The molecule has 0 aliphatic carbocycles. The van der Waals surface area contributed by atoms with Gasteiger partial charge in [0.2, 0.25) is 5.91 Å². The van der Waals surface area contributed by atoms with Gasteiger partial charge < -0.3 is 10.6 Å². The number of carbonyl (C=O) groups is 1. The number of alkyl halides is 1. The molecule has 1 aliphatic rings. The highest BCUT2D eigenvalue weighted by Gasteiger charge is 2.26. The average Bonchev–Trinajstić information content (AvgIpc) is 2.38. The Morgan fingerprint density at radius 2 is 2.22 bits per heavy atom. The highest BCUT2D eigenvalue weighted by molar-refractivity contribution is 9.09. The van der Waals surface area contributed by atoms with Gasteiger partial charge in [-0.25, -0.2) is 0 Å². The number of anilines is 1. The van der Waals surface area contributed by atoms with E-state index in [0.29, 0.717) is 17.8 Å². The molecular formula is C13H17BrN2OS. The van der Waals surface area contributed by atoms with Gasteiger partial charge in [0.25, 0.3) is 0 Å². The van der Waals surface area contributed by atoms with Gasteiger partial charge in [0.1, 0.15) is 0 Å². The predicted octanol–water partition coefficient (Wildman–Crippen LogP) is 2.71. The number of nitrogens with two attached hydrogens (primary N) is 1. The molecule has 1 amide bonds. The summed E-state index contributed by atoms with van der Waals surface area (Å²) in [6.07, 6.45) is 0. The summed E-state index contributed by atoms with van der Waals surface area (Å²) < 4.78 is 0. The summed E-state index contributed by atoms with van der Waals surface area (Å²) >= 11 is 4.98. The number of thioether (sulfide) groups is 1. The van der Waals surface area contributed by atoms with Gasteiger partial charge in [-0.05, 0) is 17.7 Å². The van der Waals surface area contributed by atoms with Crippen LogP contribution in [0.5, 0.6) is 0 Å². The van der Waals surface area contributed by atoms with Crippen LogP contribution in [-0.2, 0) is 10.2 Å². The molecule has 0 saturated carbocycles. The lowest BCUT2D eigenvalue weighted by Gasteiger charge is -2.30. The molecule has 0 bridgehead atoms. The fraction of sp³-hybridized carbons (Fsp3) is 0.462. The summed E-state index contributed by atoms with van der Waals surface area (Å²) in [5, 5.41) is 0. The Morgan fingerprint density at radius 1 is 1.50 bits per heavy atom. The van der Waals surface area contributed by atoms with Crippen molar-refractivity contribution in [2.75, 3.05) is 22.7 Å². The zero-order valence-electron chi connectivity index (χ0n) is 10.6. The van der Waals surface area contributed by atoms with E-state index in [1.165, 1.54) is 5.56 Å². The Morgan fingerprint density at radius 3 is 2.83 bits per heavy atom. The van der Waals surface area contributed by atoms with E-state index in [9.17, 15) is 4.79 Å². The normalized spacial score (nSPS) is 15.8. The van der Waals surface area contributed by atoms with Crippen LogP contribution >= 0.6 is 27.7 Å². The summed E-state index contributed by atoms with van der Waals surface area (Å²) in [5.41, 5.74) is 8.44. The van der Waals surface area contributed by atoms with Crippen LogP contribution in [0.4, 0.5) is 5.69 Å². The maximum Gasteiger partial charge on any atom is 0.238 e. The van der Waals surface area contributed by atoms with Crippen molar-refractivity contribution in [3.8, 4) is 0 Å². The summed E-state index contributed by atoms with van der Waals surface area (Å²) in [7, 11) is 0. The fourth-order valence-corrected chi connectivity index (χ4v) is 3.34. The molecule has 5 heteroatoms. The average molecular weight is 329 g/mol. The number of carbonyl (C=O) groups excluding carboxylic acids is 1. The molecule has 1 heterocycles. The van der Waals surface area contributed by atoms with Crippen molar-refractivity contribution in [1.29, 1.82) is 0 Å². The molecular weight excluding hydrogens is 312 g/mol. The molecule has 0 radical (unpaired) electrons. The van der Waals surface area contributed by atoms with E-state index in [2.05, 4.69) is 48.0 Å². The first kappa shape index (κ1) is 13.9. The van der Waals surface area contributed by atoms with Crippen LogP contribution in [0.25, 0.3) is 0 Å². The number of amides is 1. The second-order valence-corrected chi connectivity index (χ2v) is 6.52. The number of rotatable bonds is 3. The molecule has 1 aliphatic heterocycles. The van der Waals surface area contributed by atoms with Crippen LogP contribution in [0, 0.1) is 0 Å². The second kappa shape index (κ2) is 5.23. The molecule has 3 nitrogen and oxygen atoms in total. The minimum atomic E-state index is -0.0713. The number of fused-ring (bicyclic) bond motifs is 1. The molecule has 0 aromatic heterocycles. The van der Waals surface area contributed by atoms with Crippen molar-refractivity contribution in [2.24, 2.45) is 5.73 Å². The van der Waals surface area contributed by atoms with Crippen molar-refractivity contribution in [3.05, 3.63) is 23.8 Å². The fourth-order valence-electron chi connectivity index (χ4n) is 1.87. The topological polar surface area (TPSA) is 46.3 Å². The predicted molar refractivity (Wildman–Crippen MR) is 80.5 cm³/mol. The molecule has 2 N–H and O–H groups in total.